The van der Waals surface area contributed by atoms with E-state index in [1.807, 2.05) is 0 Å². The van der Waals surface area contributed by atoms with Crippen LogP contribution in [0.4, 0.5) is 10.1 Å². The summed E-state index contributed by atoms with van der Waals surface area (Å²) in [6.07, 6.45) is 2.19. The molecule has 1 heterocycles. The van der Waals surface area contributed by atoms with Crippen LogP contribution in [-0.2, 0) is 0 Å². The number of hydrogen-bond acceptors (Lipinski definition) is 3. The zero-order chi connectivity index (χ0) is 14.9. The maximum atomic E-state index is 14.5. The Morgan fingerprint density at radius 3 is 2.80 bits per heavy atom. The Kier molecular flexibility index (Phi) is 4.22. The first-order chi connectivity index (χ1) is 9.35. The second kappa shape index (κ2) is 5.60. The summed E-state index contributed by atoms with van der Waals surface area (Å²) in [5.74, 6) is -0.479. The molecule has 0 spiro atoms. The number of nitrogens with zero attached hydrogens (tertiary/aromatic N) is 2. The molecule has 0 bridgehead atoms. The molecule has 1 saturated heterocycles. The zero-order valence-electron chi connectivity index (χ0n) is 11.7. The van der Waals surface area contributed by atoms with Crippen molar-refractivity contribution >= 4 is 27.5 Å². The van der Waals surface area contributed by atoms with Crippen molar-refractivity contribution in [3.8, 4) is 0 Å². The fourth-order valence-electron chi connectivity index (χ4n) is 2.66. The van der Waals surface area contributed by atoms with Crippen LogP contribution in [0.25, 0.3) is 0 Å². The topological polar surface area (TPSA) is 61.8 Å². The van der Waals surface area contributed by atoms with Gasteiger partial charge in [0, 0.05) is 18.7 Å². The highest BCUT2D eigenvalue weighted by Gasteiger charge is 2.28. The van der Waals surface area contributed by atoms with Gasteiger partial charge in [0.15, 0.2) is 11.7 Å². The molecule has 6 heteroatoms. The summed E-state index contributed by atoms with van der Waals surface area (Å²) >= 11 is 3.19. The summed E-state index contributed by atoms with van der Waals surface area (Å²) in [7, 11) is 0. The van der Waals surface area contributed by atoms with Crippen molar-refractivity contribution in [2.24, 2.45) is 16.3 Å². The van der Waals surface area contributed by atoms with E-state index in [1.54, 1.807) is 12.1 Å². The molecule has 3 N–H and O–H groups in total. The summed E-state index contributed by atoms with van der Waals surface area (Å²) < 4.78 is 14.7. The highest BCUT2D eigenvalue weighted by Crippen LogP contribution is 2.35. The summed E-state index contributed by atoms with van der Waals surface area (Å²) in [5, 5.41) is 11.6. The number of halogens is 2. The number of rotatable bonds is 2. The van der Waals surface area contributed by atoms with E-state index >= 15 is 0 Å². The van der Waals surface area contributed by atoms with E-state index in [2.05, 4.69) is 39.8 Å². The van der Waals surface area contributed by atoms with E-state index in [0.29, 0.717) is 11.3 Å². The zero-order valence-corrected chi connectivity index (χ0v) is 13.2. The third-order valence-electron chi connectivity index (χ3n) is 3.69. The van der Waals surface area contributed by atoms with Crippen molar-refractivity contribution in [2.45, 2.75) is 26.7 Å². The maximum Gasteiger partial charge on any atom is 0.171 e. The lowest BCUT2D eigenvalue weighted by atomic mass is 9.84. The third-order valence-corrected chi connectivity index (χ3v) is 4.46. The molecular weight excluding hydrogens is 325 g/mol. The lowest BCUT2D eigenvalue weighted by molar-refractivity contribution is 0.291. The van der Waals surface area contributed by atoms with Crippen molar-refractivity contribution in [1.29, 1.82) is 0 Å². The Morgan fingerprint density at radius 2 is 2.20 bits per heavy atom. The van der Waals surface area contributed by atoms with Crippen LogP contribution in [0.2, 0.25) is 0 Å². The molecule has 0 radical (unpaired) electrons. The first kappa shape index (κ1) is 15.1. The van der Waals surface area contributed by atoms with E-state index in [0.717, 1.165) is 25.9 Å². The number of nitrogens with two attached hydrogens (primary N) is 1. The van der Waals surface area contributed by atoms with Gasteiger partial charge in [-0.25, -0.2) is 4.39 Å². The molecule has 0 unspecified atom stereocenters. The van der Waals surface area contributed by atoms with E-state index < -0.39 is 0 Å². The minimum Gasteiger partial charge on any atom is -0.409 e. The molecule has 1 aliphatic rings. The van der Waals surface area contributed by atoms with Crippen LogP contribution in [0.3, 0.4) is 0 Å². The highest BCUT2D eigenvalue weighted by molar-refractivity contribution is 9.10. The number of anilines is 1. The van der Waals surface area contributed by atoms with Crippen LogP contribution in [0.15, 0.2) is 21.8 Å². The predicted octanol–water partition coefficient (Wildman–Crippen LogP) is 3.31. The van der Waals surface area contributed by atoms with E-state index in [4.69, 9.17) is 10.9 Å². The van der Waals surface area contributed by atoms with Crippen molar-refractivity contribution in [3.05, 3.63) is 28.0 Å². The monoisotopic (exact) mass is 343 g/mol. The standard InChI is InChI=1S/C14H19BrFN3O/c1-14(2)6-3-7-19(8-14)10-5-4-9(13(17)18-20)11(15)12(10)16/h4-5,20H,3,6-8H2,1-2H3,(H2,17,18). The molecule has 1 fully saturated rings. The second-order valence-corrected chi connectivity index (χ2v) is 6.73. The average Bonchev–Trinajstić information content (AvgIpc) is 2.39. The minimum atomic E-state index is -0.369. The number of benzene rings is 1. The van der Waals surface area contributed by atoms with Crippen LogP contribution in [0.5, 0.6) is 0 Å². The molecule has 1 aliphatic heterocycles. The first-order valence-corrected chi connectivity index (χ1v) is 7.36. The van der Waals surface area contributed by atoms with Gasteiger partial charge in [-0.15, -0.1) is 0 Å². The van der Waals surface area contributed by atoms with Crippen molar-refractivity contribution in [3.63, 3.8) is 0 Å². The summed E-state index contributed by atoms with van der Waals surface area (Å²) in [5.41, 5.74) is 6.61. The maximum absolute atomic E-state index is 14.5. The number of piperidine rings is 1. The number of oxime groups is 1. The average molecular weight is 344 g/mol. The van der Waals surface area contributed by atoms with Gasteiger partial charge < -0.3 is 15.8 Å². The Morgan fingerprint density at radius 1 is 1.50 bits per heavy atom. The molecular formula is C14H19BrFN3O. The molecule has 110 valence electrons. The Bertz CT molecular complexity index is 545. The van der Waals surface area contributed by atoms with E-state index in [9.17, 15) is 4.39 Å². The summed E-state index contributed by atoms with van der Waals surface area (Å²) in [6.45, 7) is 6.04. The molecule has 0 aliphatic carbocycles. The minimum absolute atomic E-state index is 0.110. The van der Waals surface area contributed by atoms with E-state index in [1.165, 1.54) is 0 Å². The van der Waals surface area contributed by atoms with Gasteiger partial charge in [0.05, 0.1) is 10.2 Å². The highest BCUT2D eigenvalue weighted by atomic mass is 79.9. The van der Waals surface area contributed by atoms with Gasteiger partial charge in [0.1, 0.15) is 0 Å². The summed E-state index contributed by atoms with van der Waals surface area (Å²) in [6, 6.07) is 3.36. The quantitative estimate of drug-likeness (QED) is 0.375. The molecule has 1 aromatic carbocycles. The van der Waals surface area contributed by atoms with Crippen molar-refractivity contribution in [2.75, 3.05) is 18.0 Å². The lowest BCUT2D eigenvalue weighted by Gasteiger charge is -2.39. The van der Waals surface area contributed by atoms with Crippen LogP contribution >= 0.6 is 15.9 Å². The fourth-order valence-corrected chi connectivity index (χ4v) is 3.20. The number of hydrogen-bond donors (Lipinski definition) is 2. The van der Waals surface area contributed by atoms with Crippen LogP contribution < -0.4 is 10.6 Å². The predicted molar refractivity (Wildman–Crippen MR) is 81.8 cm³/mol. The van der Waals surface area contributed by atoms with Gasteiger partial charge in [-0.3, -0.25) is 0 Å². The fraction of sp³-hybridized carbons (Fsp3) is 0.500. The Labute approximate surface area is 126 Å². The van der Waals surface area contributed by atoms with Crippen LogP contribution in [0, 0.1) is 11.2 Å². The van der Waals surface area contributed by atoms with Gasteiger partial charge in [-0.1, -0.05) is 19.0 Å². The molecule has 2 rings (SSSR count). The molecule has 0 atom stereocenters. The molecule has 0 amide bonds. The number of amidine groups is 1. The lowest BCUT2D eigenvalue weighted by Crippen LogP contribution is -2.40. The van der Waals surface area contributed by atoms with E-state index in [-0.39, 0.29) is 21.5 Å². The van der Waals surface area contributed by atoms with Crippen LogP contribution in [-0.4, -0.2) is 24.1 Å². The second-order valence-electron chi connectivity index (χ2n) is 5.93. The molecule has 0 saturated carbocycles. The third kappa shape index (κ3) is 2.90. The van der Waals surface area contributed by atoms with Gasteiger partial charge in [0.25, 0.3) is 0 Å². The molecule has 0 aromatic heterocycles. The largest absolute Gasteiger partial charge is 0.409 e. The smallest absolute Gasteiger partial charge is 0.171 e. The SMILES string of the molecule is CC1(C)CCCN(c2ccc(/C(N)=N/O)c(Br)c2F)C1. The first-order valence-electron chi connectivity index (χ1n) is 6.56. The molecule has 20 heavy (non-hydrogen) atoms. The van der Waals surface area contributed by atoms with Crippen LogP contribution in [0.1, 0.15) is 32.3 Å². The van der Waals surface area contributed by atoms with Gasteiger partial charge >= 0.3 is 0 Å². The molecule has 4 nitrogen and oxygen atoms in total. The summed E-state index contributed by atoms with van der Waals surface area (Å²) in [4.78, 5) is 2.06. The van der Waals surface area contributed by atoms with Gasteiger partial charge in [-0.05, 0) is 46.3 Å². The normalized spacial score (nSPS) is 19.2. The van der Waals surface area contributed by atoms with Crippen molar-refractivity contribution in [1.82, 2.24) is 0 Å². The van der Waals surface area contributed by atoms with Gasteiger partial charge in [-0.2, -0.15) is 0 Å². The molecule has 1 aromatic rings. The Hall–Kier alpha value is -1.30. The van der Waals surface area contributed by atoms with Gasteiger partial charge in [0.2, 0.25) is 0 Å². The Balaban J connectivity index is 2.37. The van der Waals surface area contributed by atoms with Crippen molar-refractivity contribution < 1.29 is 9.60 Å².